The van der Waals surface area contributed by atoms with Crippen molar-refractivity contribution >= 4 is 35.2 Å². The Labute approximate surface area is 157 Å². The Kier molecular flexibility index (Phi) is 4.78. The molecule has 2 heterocycles. The highest BCUT2D eigenvalue weighted by molar-refractivity contribution is 6.46. The SMILES string of the molecule is O=C(O)C1=NC(C(=O)[O-])CC(/C=C/N2C3=CC(=O)C(=O)C=C3CC2C(=O)[O-])=C1. The van der Waals surface area contributed by atoms with E-state index in [0.29, 0.717) is 5.57 Å². The van der Waals surface area contributed by atoms with Gasteiger partial charge in [0.05, 0.1) is 24.0 Å². The van der Waals surface area contributed by atoms with E-state index < -0.39 is 47.3 Å². The van der Waals surface area contributed by atoms with Crippen LogP contribution in [0.25, 0.3) is 0 Å². The molecule has 1 saturated heterocycles. The highest BCUT2D eigenvalue weighted by atomic mass is 16.4. The van der Waals surface area contributed by atoms with Crippen molar-refractivity contribution in [1.82, 2.24) is 4.90 Å². The molecule has 0 spiro atoms. The number of carboxylic acids is 3. The maximum absolute atomic E-state index is 11.7. The van der Waals surface area contributed by atoms with Crippen LogP contribution < -0.4 is 10.2 Å². The first-order valence-corrected chi connectivity index (χ1v) is 8.08. The molecule has 2 aliphatic heterocycles. The number of carbonyl (C=O) groups is 5. The van der Waals surface area contributed by atoms with E-state index in [1.807, 2.05) is 0 Å². The molecule has 0 radical (unpaired) electrons. The van der Waals surface area contributed by atoms with E-state index in [4.69, 9.17) is 5.11 Å². The number of likely N-dealkylation sites (tertiary alicyclic amines) is 1. The zero-order valence-electron chi connectivity index (χ0n) is 14.2. The number of aliphatic imine (C=N–C) groups is 1. The molecule has 0 aromatic rings. The van der Waals surface area contributed by atoms with Gasteiger partial charge in [-0.15, -0.1) is 0 Å². The minimum atomic E-state index is -1.55. The first-order chi connectivity index (χ1) is 13.2. The summed E-state index contributed by atoms with van der Waals surface area (Å²) < 4.78 is 0. The predicted molar refractivity (Wildman–Crippen MR) is 87.1 cm³/mol. The maximum atomic E-state index is 11.7. The lowest BCUT2D eigenvalue weighted by molar-refractivity contribution is -0.310. The second-order valence-corrected chi connectivity index (χ2v) is 6.27. The van der Waals surface area contributed by atoms with Crippen LogP contribution in [-0.4, -0.2) is 57.3 Å². The summed E-state index contributed by atoms with van der Waals surface area (Å²) in [5.74, 6) is -5.95. The Morgan fingerprint density at radius 3 is 2.36 bits per heavy atom. The highest BCUT2D eigenvalue weighted by Gasteiger charge is 2.35. The number of fused-ring (bicyclic) bond motifs is 1. The molecule has 0 amide bonds. The monoisotopic (exact) mass is 384 g/mol. The Hall–Kier alpha value is -3.82. The molecular formula is C18H12N2O8-2. The number of carbonyl (C=O) groups excluding carboxylic acids is 4. The summed E-state index contributed by atoms with van der Waals surface area (Å²) in [6.07, 6.45) is 5.64. The fourth-order valence-electron chi connectivity index (χ4n) is 3.10. The average Bonchev–Trinajstić information content (AvgIpc) is 2.97. The molecule has 3 aliphatic rings. The third-order valence-corrected chi connectivity index (χ3v) is 4.43. The largest absolute Gasteiger partial charge is 0.548 e. The standard InChI is InChI=1S/C18H14N2O8/c21-14-6-9-5-13(18(27)28)20(12(9)7-15(14)22)2-1-8-3-10(16(23)24)19-11(4-8)17(25)26/h1-3,6-7,11,13H,4-5H2,(H,23,24)(H,25,26)(H,27,28)/p-2/b2-1+. The van der Waals surface area contributed by atoms with E-state index in [1.54, 1.807) is 0 Å². The van der Waals surface area contributed by atoms with Crippen LogP contribution in [0.5, 0.6) is 0 Å². The average molecular weight is 384 g/mol. The van der Waals surface area contributed by atoms with Gasteiger partial charge in [-0.1, -0.05) is 0 Å². The predicted octanol–water partition coefficient (Wildman–Crippen LogP) is -2.74. The van der Waals surface area contributed by atoms with Gasteiger partial charge < -0.3 is 29.8 Å². The number of ketones is 2. The molecule has 144 valence electrons. The van der Waals surface area contributed by atoms with Crippen molar-refractivity contribution in [3.8, 4) is 0 Å². The van der Waals surface area contributed by atoms with E-state index in [0.717, 1.165) is 18.2 Å². The zero-order valence-corrected chi connectivity index (χ0v) is 14.2. The summed E-state index contributed by atoms with van der Waals surface area (Å²) in [6, 6.07) is -2.57. The van der Waals surface area contributed by atoms with Crippen LogP contribution in [0.1, 0.15) is 12.8 Å². The molecule has 2 unspecified atom stereocenters. The quantitative estimate of drug-likeness (QED) is 0.390. The number of hydrogen-bond acceptors (Lipinski definition) is 9. The van der Waals surface area contributed by atoms with E-state index in [2.05, 4.69) is 4.99 Å². The summed E-state index contributed by atoms with van der Waals surface area (Å²) in [5.41, 5.74) is 0.364. The van der Waals surface area contributed by atoms with Crippen LogP contribution in [0.4, 0.5) is 0 Å². The van der Waals surface area contributed by atoms with E-state index in [-0.39, 0.29) is 24.1 Å². The summed E-state index contributed by atoms with van der Waals surface area (Å²) in [6.45, 7) is 0. The van der Waals surface area contributed by atoms with Gasteiger partial charge in [-0.25, -0.2) is 4.79 Å². The first-order valence-electron chi connectivity index (χ1n) is 8.08. The molecule has 3 rings (SSSR count). The first kappa shape index (κ1) is 19.0. The molecule has 2 atom stereocenters. The Morgan fingerprint density at radius 1 is 1.07 bits per heavy atom. The lowest BCUT2D eigenvalue weighted by Gasteiger charge is -2.25. The molecule has 1 N–H and O–H groups in total. The molecule has 1 fully saturated rings. The molecular weight excluding hydrogens is 372 g/mol. The van der Waals surface area contributed by atoms with Crippen LogP contribution in [0.15, 0.2) is 52.3 Å². The lowest BCUT2D eigenvalue weighted by Crippen LogP contribution is -2.41. The number of carboxylic acid groups (broad SMARTS) is 3. The summed E-state index contributed by atoms with van der Waals surface area (Å²) in [4.78, 5) is 61.6. The fourth-order valence-corrected chi connectivity index (χ4v) is 3.10. The van der Waals surface area contributed by atoms with E-state index in [9.17, 15) is 34.2 Å². The van der Waals surface area contributed by atoms with Crippen LogP contribution in [0.2, 0.25) is 0 Å². The summed E-state index contributed by atoms with van der Waals surface area (Å²) in [5, 5.41) is 31.6. The van der Waals surface area contributed by atoms with Crippen molar-refractivity contribution < 1.29 is 39.3 Å². The molecule has 0 saturated carbocycles. The van der Waals surface area contributed by atoms with Crippen molar-refractivity contribution in [2.45, 2.75) is 24.9 Å². The third kappa shape index (κ3) is 3.52. The Morgan fingerprint density at radius 2 is 1.75 bits per heavy atom. The molecule has 10 heteroatoms. The minimum absolute atomic E-state index is 0.0555. The van der Waals surface area contributed by atoms with Gasteiger partial charge in [0.2, 0.25) is 11.6 Å². The second kappa shape index (κ2) is 7.06. The third-order valence-electron chi connectivity index (χ3n) is 4.43. The minimum Gasteiger partial charge on any atom is -0.548 e. The van der Waals surface area contributed by atoms with Gasteiger partial charge >= 0.3 is 5.97 Å². The van der Waals surface area contributed by atoms with Crippen molar-refractivity contribution in [2.24, 2.45) is 4.99 Å². The van der Waals surface area contributed by atoms with Gasteiger partial charge in [-0.2, -0.15) is 0 Å². The maximum Gasteiger partial charge on any atom is 0.354 e. The van der Waals surface area contributed by atoms with Crippen LogP contribution >= 0.6 is 0 Å². The molecule has 28 heavy (non-hydrogen) atoms. The lowest BCUT2D eigenvalue weighted by atomic mass is 10.0. The Bertz CT molecular complexity index is 966. The highest BCUT2D eigenvalue weighted by Crippen LogP contribution is 2.35. The van der Waals surface area contributed by atoms with Gasteiger partial charge in [-0.05, 0) is 29.4 Å². The van der Waals surface area contributed by atoms with E-state index in [1.165, 1.54) is 17.2 Å². The van der Waals surface area contributed by atoms with Gasteiger partial charge in [0.1, 0.15) is 5.71 Å². The van der Waals surface area contributed by atoms with Crippen LogP contribution in [0.3, 0.4) is 0 Å². The number of rotatable bonds is 5. The second-order valence-electron chi connectivity index (χ2n) is 6.27. The van der Waals surface area contributed by atoms with Gasteiger partial charge in [0.25, 0.3) is 0 Å². The number of dihydropyridines is 1. The van der Waals surface area contributed by atoms with Crippen molar-refractivity contribution in [2.75, 3.05) is 0 Å². The smallest absolute Gasteiger partial charge is 0.354 e. The fraction of sp³-hybridized carbons (Fsp3) is 0.222. The van der Waals surface area contributed by atoms with Gasteiger partial charge in [-0.3, -0.25) is 14.6 Å². The molecule has 1 aliphatic carbocycles. The molecule has 10 nitrogen and oxygen atoms in total. The van der Waals surface area contributed by atoms with Crippen molar-refractivity contribution in [3.05, 3.63) is 47.3 Å². The topological polar surface area (TPSA) is 167 Å². The summed E-state index contributed by atoms with van der Waals surface area (Å²) >= 11 is 0. The normalized spacial score (nSPS) is 24.4. The van der Waals surface area contributed by atoms with Gasteiger partial charge in [0.15, 0.2) is 0 Å². The van der Waals surface area contributed by atoms with Crippen LogP contribution in [0, 0.1) is 0 Å². The zero-order chi connectivity index (χ0) is 20.6. The molecule has 0 bridgehead atoms. The summed E-state index contributed by atoms with van der Waals surface area (Å²) in [7, 11) is 0. The number of nitrogens with zero attached hydrogens (tertiary/aromatic N) is 2. The number of hydrogen-bond donors (Lipinski definition) is 1. The van der Waals surface area contributed by atoms with Crippen molar-refractivity contribution in [1.29, 1.82) is 0 Å². The Balaban J connectivity index is 1.93. The van der Waals surface area contributed by atoms with E-state index >= 15 is 0 Å². The number of allylic oxidation sites excluding steroid dienone is 4. The van der Waals surface area contributed by atoms with Crippen LogP contribution in [-0.2, 0) is 24.0 Å². The number of aliphatic carboxylic acids is 3. The van der Waals surface area contributed by atoms with Crippen molar-refractivity contribution in [3.63, 3.8) is 0 Å². The molecule has 0 aromatic carbocycles. The van der Waals surface area contributed by atoms with Gasteiger partial charge in [0, 0.05) is 30.8 Å². The molecule has 0 aromatic heterocycles.